The Hall–Kier alpha value is -3.04. The Bertz CT molecular complexity index is 1150. The summed E-state index contributed by atoms with van der Waals surface area (Å²) in [5, 5.41) is 1.39. The largest absolute Gasteiger partial charge is 0.378 e. The highest BCUT2D eigenvalue weighted by Gasteiger charge is 2.26. The lowest BCUT2D eigenvalue weighted by molar-refractivity contribution is 0.215. The molecule has 1 fully saturated rings. The molecule has 1 aromatic heterocycles. The first-order valence-electron chi connectivity index (χ1n) is 11.8. The summed E-state index contributed by atoms with van der Waals surface area (Å²) in [7, 11) is 4.19. The van der Waals surface area contributed by atoms with Crippen LogP contribution in [0, 0.1) is 0 Å². The molecule has 3 nitrogen and oxygen atoms in total. The van der Waals surface area contributed by atoms with Gasteiger partial charge in [-0.15, -0.1) is 0 Å². The highest BCUT2D eigenvalue weighted by Crippen LogP contribution is 2.40. The number of fused-ring (bicyclic) bond motifs is 1. The fourth-order valence-corrected chi connectivity index (χ4v) is 5.11. The van der Waals surface area contributed by atoms with Gasteiger partial charge in [-0.1, -0.05) is 60.7 Å². The Balaban J connectivity index is 1.28. The van der Waals surface area contributed by atoms with E-state index in [1.807, 2.05) is 0 Å². The molecule has 0 radical (unpaired) electrons. The Labute approximate surface area is 191 Å². The monoisotopic (exact) mass is 423 g/mol. The molecule has 1 saturated heterocycles. The maximum absolute atomic E-state index is 3.73. The topological polar surface area (TPSA) is 22.3 Å². The number of nitrogens with one attached hydrogen (secondary N) is 1. The number of aromatic amines is 1. The predicted octanol–water partition coefficient (Wildman–Crippen LogP) is 6.32. The van der Waals surface area contributed by atoms with Gasteiger partial charge in [0.1, 0.15) is 0 Å². The average molecular weight is 424 g/mol. The zero-order chi connectivity index (χ0) is 21.9. The van der Waals surface area contributed by atoms with Crippen molar-refractivity contribution in [1.29, 1.82) is 0 Å². The van der Waals surface area contributed by atoms with Crippen LogP contribution in [0.5, 0.6) is 0 Å². The van der Waals surface area contributed by atoms with Gasteiger partial charge in [0, 0.05) is 42.9 Å². The van der Waals surface area contributed by atoms with Crippen LogP contribution >= 0.6 is 0 Å². The Morgan fingerprint density at radius 2 is 1.53 bits per heavy atom. The van der Waals surface area contributed by atoms with Crippen LogP contribution in [0.3, 0.4) is 0 Å². The first kappa shape index (κ1) is 20.8. The third-order valence-electron chi connectivity index (χ3n) is 6.97. The molecule has 1 aliphatic heterocycles. The highest BCUT2D eigenvalue weighted by molar-refractivity contribution is 5.91. The van der Waals surface area contributed by atoms with Crippen molar-refractivity contribution in [3.05, 3.63) is 90.0 Å². The van der Waals surface area contributed by atoms with Gasteiger partial charge in [0.05, 0.1) is 0 Å². The van der Waals surface area contributed by atoms with Crippen molar-refractivity contribution < 1.29 is 0 Å². The molecule has 0 amide bonds. The second-order valence-electron chi connectivity index (χ2n) is 9.25. The Morgan fingerprint density at radius 3 is 2.25 bits per heavy atom. The van der Waals surface area contributed by atoms with E-state index in [1.54, 1.807) is 0 Å². The summed E-state index contributed by atoms with van der Waals surface area (Å²) < 4.78 is 0. The van der Waals surface area contributed by atoms with E-state index in [1.165, 1.54) is 64.9 Å². The van der Waals surface area contributed by atoms with Crippen molar-refractivity contribution >= 4 is 16.6 Å². The lowest BCUT2D eigenvalue weighted by Gasteiger charge is -2.32. The minimum Gasteiger partial charge on any atom is -0.378 e. The number of rotatable bonds is 6. The molecule has 32 heavy (non-hydrogen) atoms. The minimum atomic E-state index is 0.608. The average Bonchev–Trinajstić information content (AvgIpc) is 3.23. The number of aromatic nitrogens is 1. The molecule has 3 aromatic carbocycles. The fourth-order valence-electron chi connectivity index (χ4n) is 5.11. The maximum Gasteiger partial charge on any atom is 0.0500 e. The summed E-state index contributed by atoms with van der Waals surface area (Å²) in [5.41, 5.74) is 8.08. The summed E-state index contributed by atoms with van der Waals surface area (Å²) in [6, 6.07) is 28.6. The molecule has 0 unspecified atom stereocenters. The second-order valence-corrected chi connectivity index (χ2v) is 9.25. The van der Waals surface area contributed by atoms with Gasteiger partial charge in [0.15, 0.2) is 0 Å². The van der Waals surface area contributed by atoms with Crippen molar-refractivity contribution in [3.8, 4) is 11.3 Å². The molecule has 0 saturated carbocycles. The third-order valence-corrected chi connectivity index (χ3v) is 6.97. The Morgan fingerprint density at radius 1 is 0.844 bits per heavy atom. The van der Waals surface area contributed by atoms with Crippen molar-refractivity contribution in [2.45, 2.75) is 25.2 Å². The zero-order valence-corrected chi connectivity index (χ0v) is 19.2. The van der Waals surface area contributed by atoms with Crippen molar-refractivity contribution in [3.63, 3.8) is 0 Å². The molecule has 0 spiro atoms. The zero-order valence-electron chi connectivity index (χ0n) is 19.2. The predicted molar refractivity (Wildman–Crippen MR) is 137 cm³/mol. The van der Waals surface area contributed by atoms with Crippen LogP contribution in [0.1, 0.15) is 29.9 Å². The van der Waals surface area contributed by atoms with E-state index in [0.717, 1.165) is 13.0 Å². The fraction of sp³-hybridized carbons (Fsp3) is 0.310. The van der Waals surface area contributed by atoms with E-state index >= 15 is 0 Å². The summed E-state index contributed by atoms with van der Waals surface area (Å²) in [6.07, 6.45) is 3.57. The molecule has 1 aliphatic rings. The van der Waals surface area contributed by atoms with Gasteiger partial charge in [-0.25, -0.2) is 0 Å². The van der Waals surface area contributed by atoms with E-state index in [9.17, 15) is 0 Å². The summed E-state index contributed by atoms with van der Waals surface area (Å²) in [4.78, 5) is 8.53. The first-order valence-corrected chi connectivity index (χ1v) is 11.8. The van der Waals surface area contributed by atoms with Crippen molar-refractivity contribution in [2.24, 2.45) is 0 Å². The molecule has 1 N–H and O–H groups in total. The van der Waals surface area contributed by atoms with E-state index in [0.29, 0.717) is 5.92 Å². The van der Waals surface area contributed by atoms with Crippen LogP contribution in [0.25, 0.3) is 22.2 Å². The smallest absolute Gasteiger partial charge is 0.0500 e. The van der Waals surface area contributed by atoms with Gasteiger partial charge in [-0.3, -0.25) is 0 Å². The van der Waals surface area contributed by atoms with Crippen molar-refractivity contribution in [1.82, 2.24) is 9.88 Å². The standard InChI is InChI=1S/C29H33N3/c1-31(2)25-14-12-22(13-15-25)16-19-32-20-17-23(18-21-32)28-26-10-6-7-11-27(26)30-29(28)24-8-4-3-5-9-24/h3-15,23,30H,16-21H2,1-2H3. The molecule has 5 rings (SSSR count). The number of nitrogens with zero attached hydrogens (tertiary/aromatic N) is 2. The number of piperidine rings is 1. The lowest BCUT2D eigenvalue weighted by Crippen LogP contribution is -2.34. The molecule has 0 atom stereocenters. The molecule has 2 heterocycles. The Kier molecular flexibility index (Phi) is 6.00. The number of anilines is 1. The van der Waals surface area contributed by atoms with Crippen LogP contribution < -0.4 is 4.90 Å². The van der Waals surface area contributed by atoms with Crippen LogP contribution in [0.2, 0.25) is 0 Å². The van der Waals surface area contributed by atoms with Gasteiger partial charge in [0.2, 0.25) is 0 Å². The molecule has 0 bridgehead atoms. The van der Waals surface area contributed by atoms with Gasteiger partial charge < -0.3 is 14.8 Å². The van der Waals surface area contributed by atoms with Crippen molar-refractivity contribution in [2.75, 3.05) is 38.6 Å². The maximum atomic E-state index is 3.73. The van der Waals surface area contributed by atoms with E-state index < -0.39 is 0 Å². The molecular weight excluding hydrogens is 390 g/mol. The molecular formula is C29H33N3. The van der Waals surface area contributed by atoms with E-state index in [-0.39, 0.29) is 0 Å². The van der Waals surface area contributed by atoms with Gasteiger partial charge in [0.25, 0.3) is 0 Å². The number of likely N-dealkylation sites (tertiary alicyclic amines) is 1. The van der Waals surface area contributed by atoms with Crippen LogP contribution in [-0.4, -0.2) is 43.6 Å². The van der Waals surface area contributed by atoms with Gasteiger partial charge in [-0.05, 0) is 73.2 Å². The number of benzene rings is 3. The number of hydrogen-bond acceptors (Lipinski definition) is 2. The lowest BCUT2D eigenvalue weighted by atomic mass is 9.86. The van der Waals surface area contributed by atoms with Crippen LogP contribution in [-0.2, 0) is 6.42 Å². The third kappa shape index (κ3) is 4.31. The summed E-state index contributed by atoms with van der Waals surface area (Å²) >= 11 is 0. The van der Waals surface area contributed by atoms with Gasteiger partial charge >= 0.3 is 0 Å². The summed E-state index contributed by atoms with van der Waals surface area (Å²) in [6.45, 7) is 3.50. The molecule has 4 aromatic rings. The van der Waals surface area contributed by atoms with E-state index in [2.05, 4.69) is 108 Å². The van der Waals surface area contributed by atoms with Gasteiger partial charge in [-0.2, -0.15) is 0 Å². The normalized spacial score (nSPS) is 15.3. The number of hydrogen-bond donors (Lipinski definition) is 1. The number of para-hydroxylation sites is 1. The number of H-pyrrole nitrogens is 1. The second kappa shape index (κ2) is 9.22. The molecule has 3 heteroatoms. The van der Waals surface area contributed by atoms with E-state index in [4.69, 9.17) is 0 Å². The summed E-state index contributed by atoms with van der Waals surface area (Å²) in [5.74, 6) is 0.608. The first-order chi connectivity index (χ1) is 15.7. The van der Waals surface area contributed by atoms with Crippen LogP contribution in [0.4, 0.5) is 5.69 Å². The SMILES string of the molecule is CN(C)c1ccc(CCN2CCC(c3c(-c4ccccc4)[nH]c4ccccc34)CC2)cc1. The quantitative estimate of drug-likeness (QED) is 0.392. The van der Waals surface area contributed by atoms with Crippen LogP contribution in [0.15, 0.2) is 78.9 Å². The minimum absolute atomic E-state index is 0.608. The molecule has 0 aliphatic carbocycles. The molecule has 164 valence electrons. The highest BCUT2D eigenvalue weighted by atomic mass is 15.1.